The van der Waals surface area contributed by atoms with Crippen LogP contribution in [-0.4, -0.2) is 15.6 Å². The molecule has 0 aliphatic heterocycles. The Morgan fingerprint density at radius 2 is 1.81 bits per heavy atom. The molecule has 0 aliphatic carbocycles. The molecule has 0 radical (unpaired) electrons. The van der Waals surface area contributed by atoms with Crippen molar-refractivity contribution in [3.8, 4) is 5.75 Å². The summed E-state index contributed by atoms with van der Waals surface area (Å²) in [5.41, 5.74) is 1.41. The predicted octanol–water partition coefficient (Wildman–Crippen LogP) is 4.03. The number of aromatic nitrogens is 1. The third-order valence-corrected chi connectivity index (χ3v) is 5.51. The molecule has 5 nitrogen and oxygen atoms in total. The molecule has 1 N–H and O–H groups in total. The van der Waals surface area contributed by atoms with Crippen molar-refractivity contribution in [2.24, 2.45) is 7.05 Å². The van der Waals surface area contributed by atoms with E-state index in [1.165, 1.54) is 4.57 Å². The Kier molecular flexibility index (Phi) is 3.97. The summed E-state index contributed by atoms with van der Waals surface area (Å²) in [6.45, 7) is 0.197. The van der Waals surface area contributed by atoms with Crippen molar-refractivity contribution < 1.29 is 14.6 Å². The number of ether oxygens (including phenoxy) is 1. The quantitative estimate of drug-likeness (QED) is 0.593. The number of carboxylic acid groups (broad SMARTS) is 1. The third-order valence-electron chi connectivity index (χ3n) is 4.31. The molecule has 6 heteroatoms. The monoisotopic (exact) mass is 365 g/mol. The second-order valence-corrected chi connectivity index (χ2v) is 6.95. The number of hydrogen-bond donors (Lipinski definition) is 1. The molecule has 2 aromatic carbocycles. The maximum Gasteiger partial charge on any atom is 0.349 e. The van der Waals surface area contributed by atoms with Gasteiger partial charge >= 0.3 is 5.97 Å². The Hall–Kier alpha value is -3.12. The minimum Gasteiger partial charge on any atom is -0.486 e. The summed E-state index contributed by atoms with van der Waals surface area (Å²) in [5.74, 6) is -0.951. The van der Waals surface area contributed by atoms with Gasteiger partial charge in [-0.05, 0) is 11.6 Å². The van der Waals surface area contributed by atoms with Crippen LogP contribution >= 0.6 is 11.3 Å². The van der Waals surface area contributed by atoms with Gasteiger partial charge in [-0.2, -0.15) is 0 Å². The van der Waals surface area contributed by atoms with Crippen LogP contribution in [0.15, 0.2) is 59.4 Å². The van der Waals surface area contributed by atoms with E-state index in [-0.39, 0.29) is 22.8 Å². The van der Waals surface area contributed by atoms with Gasteiger partial charge in [0.25, 0.3) is 5.56 Å². The van der Waals surface area contributed by atoms with Crippen LogP contribution in [0.25, 0.3) is 21.0 Å². The van der Waals surface area contributed by atoms with Gasteiger partial charge in [0.05, 0.1) is 10.2 Å². The van der Waals surface area contributed by atoms with Crippen LogP contribution in [-0.2, 0) is 13.7 Å². The molecule has 2 aromatic heterocycles. The number of hydrogen-bond acceptors (Lipinski definition) is 4. The van der Waals surface area contributed by atoms with Gasteiger partial charge in [-0.3, -0.25) is 4.79 Å². The highest BCUT2D eigenvalue weighted by atomic mass is 32.1. The molecule has 4 rings (SSSR count). The van der Waals surface area contributed by atoms with Crippen molar-refractivity contribution in [1.82, 2.24) is 4.57 Å². The molecule has 0 amide bonds. The summed E-state index contributed by atoms with van der Waals surface area (Å²) < 4.78 is 8.01. The van der Waals surface area contributed by atoms with E-state index >= 15 is 0 Å². The SMILES string of the molecule is Cn1c(=O)c2c(OCc3ccccc3)c(C(=O)O)sc2c2ccccc21. The molecule has 0 saturated carbocycles. The van der Waals surface area contributed by atoms with Gasteiger partial charge in [-0.25, -0.2) is 4.79 Å². The molecule has 0 spiro atoms. The smallest absolute Gasteiger partial charge is 0.349 e. The molecule has 130 valence electrons. The van der Waals surface area contributed by atoms with Gasteiger partial charge in [0.1, 0.15) is 12.0 Å². The highest BCUT2D eigenvalue weighted by Gasteiger charge is 2.24. The van der Waals surface area contributed by atoms with Gasteiger partial charge < -0.3 is 14.4 Å². The minimum atomic E-state index is -1.10. The first kappa shape index (κ1) is 16.4. The van der Waals surface area contributed by atoms with E-state index in [0.717, 1.165) is 27.8 Å². The Morgan fingerprint density at radius 1 is 1.12 bits per heavy atom. The lowest BCUT2D eigenvalue weighted by molar-refractivity contribution is 0.0698. The molecule has 0 atom stereocenters. The van der Waals surface area contributed by atoms with Crippen molar-refractivity contribution in [1.29, 1.82) is 0 Å². The summed E-state index contributed by atoms with van der Waals surface area (Å²) in [7, 11) is 1.68. The maximum absolute atomic E-state index is 12.9. The molecule has 0 saturated heterocycles. The molecule has 0 fully saturated rings. The maximum atomic E-state index is 12.9. The number of carbonyl (C=O) groups is 1. The molecular formula is C20H15NO4S. The van der Waals surface area contributed by atoms with Gasteiger partial charge in [-0.15, -0.1) is 11.3 Å². The van der Waals surface area contributed by atoms with E-state index in [9.17, 15) is 14.7 Å². The third kappa shape index (κ3) is 2.55. The number of benzene rings is 2. The molecule has 26 heavy (non-hydrogen) atoms. The Morgan fingerprint density at radius 3 is 2.54 bits per heavy atom. The summed E-state index contributed by atoms with van der Waals surface area (Å²) in [6, 6.07) is 16.9. The van der Waals surface area contributed by atoms with Crippen LogP contribution in [0.4, 0.5) is 0 Å². The fourth-order valence-electron chi connectivity index (χ4n) is 3.04. The standard InChI is InChI=1S/C20H15NO4S/c1-21-14-10-6-5-9-13(14)17-15(19(21)22)16(18(26-17)20(23)24)25-11-12-7-3-2-4-8-12/h2-10H,11H2,1H3,(H,23,24). The Bertz CT molecular complexity index is 1190. The van der Waals surface area contributed by atoms with Crippen molar-refractivity contribution in [3.05, 3.63) is 75.4 Å². The molecule has 2 heterocycles. The van der Waals surface area contributed by atoms with Gasteiger partial charge in [0.2, 0.25) is 0 Å². The Labute approximate surface area is 152 Å². The summed E-state index contributed by atoms with van der Waals surface area (Å²) in [4.78, 5) is 24.7. The number of thiophene rings is 1. The van der Waals surface area contributed by atoms with Crippen LogP contribution in [0.5, 0.6) is 5.75 Å². The zero-order chi connectivity index (χ0) is 18.3. The lowest BCUT2D eigenvalue weighted by Crippen LogP contribution is -2.17. The first-order valence-electron chi connectivity index (χ1n) is 8.02. The van der Waals surface area contributed by atoms with E-state index in [1.54, 1.807) is 7.05 Å². The highest BCUT2D eigenvalue weighted by molar-refractivity contribution is 7.22. The highest BCUT2D eigenvalue weighted by Crippen LogP contribution is 2.39. The molecule has 0 bridgehead atoms. The van der Waals surface area contributed by atoms with E-state index < -0.39 is 5.97 Å². The second-order valence-electron chi connectivity index (χ2n) is 5.93. The fourth-order valence-corrected chi connectivity index (χ4v) is 4.15. The van der Waals surface area contributed by atoms with E-state index in [0.29, 0.717) is 10.1 Å². The largest absolute Gasteiger partial charge is 0.486 e. The average molecular weight is 365 g/mol. The minimum absolute atomic E-state index is 0.0457. The number of rotatable bonds is 4. The second kappa shape index (κ2) is 6.31. The zero-order valence-electron chi connectivity index (χ0n) is 13.9. The van der Waals surface area contributed by atoms with Crippen molar-refractivity contribution in [2.45, 2.75) is 6.61 Å². The number of carboxylic acids is 1. The van der Waals surface area contributed by atoms with Crippen LogP contribution in [0.3, 0.4) is 0 Å². The van der Waals surface area contributed by atoms with E-state index in [2.05, 4.69) is 0 Å². The first-order valence-corrected chi connectivity index (χ1v) is 8.84. The normalized spacial score (nSPS) is 11.1. The average Bonchev–Trinajstić information content (AvgIpc) is 3.05. The molecule has 0 aliphatic rings. The fraction of sp³-hybridized carbons (Fsp3) is 0.100. The number of pyridine rings is 1. The van der Waals surface area contributed by atoms with Gasteiger partial charge in [0.15, 0.2) is 10.6 Å². The van der Waals surface area contributed by atoms with Gasteiger partial charge in [0, 0.05) is 12.4 Å². The van der Waals surface area contributed by atoms with Crippen LogP contribution in [0, 0.1) is 0 Å². The lowest BCUT2D eigenvalue weighted by atomic mass is 10.1. The van der Waals surface area contributed by atoms with E-state index in [1.807, 2.05) is 54.6 Å². The van der Waals surface area contributed by atoms with Crippen LogP contribution in [0.2, 0.25) is 0 Å². The van der Waals surface area contributed by atoms with E-state index in [4.69, 9.17) is 4.74 Å². The molecular weight excluding hydrogens is 350 g/mol. The zero-order valence-corrected chi connectivity index (χ0v) is 14.7. The summed E-state index contributed by atoms with van der Waals surface area (Å²) >= 11 is 1.08. The van der Waals surface area contributed by atoms with Crippen molar-refractivity contribution in [2.75, 3.05) is 0 Å². The van der Waals surface area contributed by atoms with Crippen molar-refractivity contribution in [3.63, 3.8) is 0 Å². The predicted molar refractivity (Wildman–Crippen MR) is 102 cm³/mol. The van der Waals surface area contributed by atoms with Crippen LogP contribution in [0.1, 0.15) is 15.2 Å². The lowest BCUT2D eigenvalue weighted by Gasteiger charge is -2.09. The van der Waals surface area contributed by atoms with Crippen LogP contribution < -0.4 is 10.3 Å². The number of para-hydroxylation sites is 1. The first-order chi connectivity index (χ1) is 12.6. The number of aromatic carboxylic acids is 1. The number of aryl methyl sites for hydroxylation is 1. The summed E-state index contributed by atoms with van der Waals surface area (Å²) in [6.07, 6.45) is 0. The van der Waals surface area contributed by atoms with Gasteiger partial charge in [-0.1, -0.05) is 48.5 Å². The summed E-state index contributed by atoms with van der Waals surface area (Å²) in [5, 5.41) is 10.8. The Balaban J connectivity index is 1.97. The molecule has 0 unspecified atom stereocenters. The number of fused-ring (bicyclic) bond motifs is 3. The number of nitrogens with zero attached hydrogens (tertiary/aromatic N) is 1. The van der Waals surface area contributed by atoms with Crippen molar-refractivity contribution >= 4 is 38.3 Å². The molecule has 4 aromatic rings. The topological polar surface area (TPSA) is 68.5 Å².